The molecule has 0 saturated carbocycles. The van der Waals surface area contributed by atoms with Crippen LogP contribution in [0, 0.1) is 6.92 Å². The summed E-state index contributed by atoms with van der Waals surface area (Å²) in [6, 6.07) is 2.68. The van der Waals surface area contributed by atoms with Crippen molar-refractivity contribution in [1.29, 1.82) is 0 Å². The van der Waals surface area contributed by atoms with Crippen LogP contribution in [0.1, 0.15) is 12.0 Å². The summed E-state index contributed by atoms with van der Waals surface area (Å²) >= 11 is 6.03. The van der Waals surface area contributed by atoms with Gasteiger partial charge in [0.05, 0.1) is 24.3 Å². The van der Waals surface area contributed by atoms with Crippen LogP contribution in [0.3, 0.4) is 0 Å². The molecule has 1 unspecified atom stereocenters. The monoisotopic (exact) mass is 346 g/mol. The number of urea groups is 1. The van der Waals surface area contributed by atoms with Gasteiger partial charge in [-0.2, -0.15) is 0 Å². The summed E-state index contributed by atoms with van der Waals surface area (Å²) in [6.45, 7) is 1.82. The molecule has 8 heteroatoms. The Morgan fingerprint density at radius 2 is 2.14 bits per heavy atom. The number of methoxy groups -OCH3 is 1. The third-order valence-corrected chi connectivity index (χ3v) is 5.96. The molecule has 0 radical (unpaired) electrons. The minimum atomic E-state index is -3.04. The molecule has 1 atom stereocenters. The van der Waals surface area contributed by atoms with E-state index in [0.717, 1.165) is 5.56 Å². The number of carbonyl (C=O) groups is 1. The van der Waals surface area contributed by atoms with Crippen LogP contribution >= 0.6 is 11.6 Å². The maximum Gasteiger partial charge on any atom is 0.321 e. The van der Waals surface area contributed by atoms with Crippen LogP contribution in [0.5, 0.6) is 5.75 Å². The number of aryl methyl sites for hydroxylation is 1. The Kier molecular flexibility index (Phi) is 4.87. The van der Waals surface area contributed by atoms with Crippen molar-refractivity contribution >= 4 is 33.2 Å². The van der Waals surface area contributed by atoms with Gasteiger partial charge in [-0.25, -0.2) is 13.2 Å². The highest BCUT2D eigenvalue weighted by molar-refractivity contribution is 7.91. The van der Waals surface area contributed by atoms with E-state index in [2.05, 4.69) is 5.32 Å². The Balaban J connectivity index is 2.13. The summed E-state index contributed by atoms with van der Waals surface area (Å²) in [7, 11) is 0.0475. The first-order valence-corrected chi connectivity index (χ1v) is 9.02. The van der Waals surface area contributed by atoms with E-state index in [-0.39, 0.29) is 23.6 Å². The zero-order valence-electron chi connectivity index (χ0n) is 12.7. The lowest BCUT2D eigenvalue weighted by Gasteiger charge is -2.24. The Hall–Kier alpha value is -1.47. The fraction of sp³-hybridized carbons (Fsp3) is 0.500. The van der Waals surface area contributed by atoms with Gasteiger partial charge in [-0.1, -0.05) is 11.6 Å². The lowest BCUT2D eigenvalue weighted by molar-refractivity contribution is 0.209. The topological polar surface area (TPSA) is 75.7 Å². The fourth-order valence-electron chi connectivity index (χ4n) is 2.38. The van der Waals surface area contributed by atoms with E-state index in [9.17, 15) is 13.2 Å². The van der Waals surface area contributed by atoms with E-state index in [0.29, 0.717) is 22.9 Å². The number of anilines is 1. The molecule has 1 aromatic rings. The number of hydrogen-bond donors (Lipinski definition) is 1. The predicted molar refractivity (Wildman–Crippen MR) is 86.6 cm³/mol. The van der Waals surface area contributed by atoms with E-state index in [1.807, 2.05) is 6.92 Å². The van der Waals surface area contributed by atoms with Gasteiger partial charge >= 0.3 is 6.03 Å². The Labute approximate surface area is 135 Å². The molecule has 0 aliphatic carbocycles. The van der Waals surface area contributed by atoms with E-state index in [1.165, 1.54) is 12.0 Å². The molecule has 2 rings (SSSR count). The summed E-state index contributed by atoms with van der Waals surface area (Å²) in [5.41, 5.74) is 1.31. The van der Waals surface area contributed by atoms with E-state index < -0.39 is 9.84 Å². The first kappa shape index (κ1) is 16.9. The van der Waals surface area contributed by atoms with Crippen LogP contribution in [0.25, 0.3) is 0 Å². The zero-order chi connectivity index (χ0) is 16.5. The lowest BCUT2D eigenvalue weighted by atomic mass is 10.2. The number of nitrogens with one attached hydrogen (secondary N) is 1. The number of sulfone groups is 1. The molecule has 6 nitrogen and oxygen atoms in total. The summed E-state index contributed by atoms with van der Waals surface area (Å²) < 4.78 is 28.2. The number of hydrogen-bond acceptors (Lipinski definition) is 4. The molecule has 1 aliphatic rings. The van der Waals surface area contributed by atoms with Gasteiger partial charge in [-0.3, -0.25) is 0 Å². The van der Waals surface area contributed by atoms with Gasteiger partial charge in [-0.15, -0.1) is 0 Å². The number of amides is 2. The summed E-state index contributed by atoms with van der Waals surface area (Å²) in [4.78, 5) is 13.7. The van der Waals surface area contributed by atoms with Crippen molar-refractivity contribution in [1.82, 2.24) is 4.90 Å². The number of ether oxygens (including phenoxy) is 1. The molecule has 0 spiro atoms. The van der Waals surface area contributed by atoms with Crippen LogP contribution in [0.15, 0.2) is 12.1 Å². The Morgan fingerprint density at radius 1 is 1.45 bits per heavy atom. The summed E-state index contributed by atoms with van der Waals surface area (Å²) in [5, 5.41) is 3.29. The van der Waals surface area contributed by atoms with Crippen molar-refractivity contribution in [2.75, 3.05) is 31.0 Å². The number of rotatable bonds is 3. The molecule has 0 aromatic heterocycles. The fourth-order valence-corrected chi connectivity index (χ4v) is 4.31. The number of halogens is 1. The first-order chi connectivity index (χ1) is 10.2. The predicted octanol–water partition coefficient (Wildman–Crippen LogP) is 2.31. The normalized spacial score (nSPS) is 19.7. The SMILES string of the molecule is COc1cc(Cl)c(C)cc1NC(=O)N(C)C1CCS(=O)(=O)C1. The van der Waals surface area contributed by atoms with Crippen LogP contribution < -0.4 is 10.1 Å². The summed E-state index contributed by atoms with van der Waals surface area (Å²) in [6.07, 6.45) is 0.461. The minimum Gasteiger partial charge on any atom is -0.495 e. The molecule has 1 N–H and O–H groups in total. The van der Waals surface area contributed by atoms with Crippen LogP contribution in [0.4, 0.5) is 10.5 Å². The highest BCUT2D eigenvalue weighted by atomic mass is 35.5. The Bertz CT molecular complexity index is 690. The van der Waals surface area contributed by atoms with E-state index >= 15 is 0 Å². The summed E-state index contributed by atoms with van der Waals surface area (Å²) in [5.74, 6) is 0.586. The third-order valence-electron chi connectivity index (χ3n) is 3.80. The van der Waals surface area contributed by atoms with Crippen molar-refractivity contribution in [2.45, 2.75) is 19.4 Å². The minimum absolute atomic E-state index is 0.00764. The second-order valence-corrected chi connectivity index (χ2v) is 8.04. The average molecular weight is 347 g/mol. The van der Waals surface area contributed by atoms with Crippen molar-refractivity contribution < 1.29 is 17.9 Å². The van der Waals surface area contributed by atoms with Gasteiger partial charge in [0.2, 0.25) is 0 Å². The second kappa shape index (κ2) is 6.34. The number of carbonyl (C=O) groups excluding carboxylic acids is 1. The van der Waals surface area contributed by atoms with Crippen molar-refractivity contribution in [3.63, 3.8) is 0 Å². The molecule has 1 aliphatic heterocycles. The quantitative estimate of drug-likeness (QED) is 0.911. The highest BCUT2D eigenvalue weighted by Crippen LogP contribution is 2.31. The average Bonchev–Trinajstić information content (AvgIpc) is 2.81. The van der Waals surface area contributed by atoms with Gasteiger partial charge in [0, 0.05) is 24.2 Å². The standard InChI is InChI=1S/C14H19ClN2O4S/c1-9-6-12(13(21-3)7-11(9)15)16-14(18)17(2)10-4-5-22(19,20)8-10/h6-7,10H,4-5,8H2,1-3H3,(H,16,18). The molecular formula is C14H19ClN2O4S. The molecular weight excluding hydrogens is 328 g/mol. The van der Waals surface area contributed by atoms with E-state index in [4.69, 9.17) is 16.3 Å². The maximum atomic E-state index is 12.3. The van der Waals surface area contributed by atoms with Crippen molar-refractivity contribution in [3.8, 4) is 5.75 Å². The largest absolute Gasteiger partial charge is 0.495 e. The van der Waals surface area contributed by atoms with Crippen LogP contribution in [0.2, 0.25) is 5.02 Å². The molecule has 2 amide bonds. The van der Waals surface area contributed by atoms with Crippen LogP contribution in [-0.4, -0.2) is 51.1 Å². The van der Waals surface area contributed by atoms with Gasteiger partial charge in [0.1, 0.15) is 5.75 Å². The van der Waals surface area contributed by atoms with Gasteiger partial charge in [0.15, 0.2) is 9.84 Å². The van der Waals surface area contributed by atoms with Gasteiger partial charge in [-0.05, 0) is 25.0 Å². The van der Waals surface area contributed by atoms with Crippen molar-refractivity contribution in [3.05, 3.63) is 22.7 Å². The van der Waals surface area contributed by atoms with Crippen molar-refractivity contribution in [2.24, 2.45) is 0 Å². The van der Waals surface area contributed by atoms with Crippen LogP contribution in [-0.2, 0) is 9.84 Å². The molecule has 0 bridgehead atoms. The Morgan fingerprint density at radius 3 is 2.68 bits per heavy atom. The molecule has 1 aromatic carbocycles. The molecule has 1 heterocycles. The molecule has 122 valence electrons. The molecule has 22 heavy (non-hydrogen) atoms. The second-order valence-electron chi connectivity index (χ2n) is 5.40. The number of benzene rings is 1. The van der Waals surface area contributed by atoms with Gasteiger partial charge < -0.3 is 15.0 Å². The molecule has 1 saturated heterocycles. The highest BCUT2D eigenvalue weighted by Gasteiger charge is 2.33. The smallest absolute Gasteiger partial charge is 0.321 e. The zero-order valence-corrected chi connectivity index (χ0v) is 14.3. The van der Waals surface area contributed by atoms with Gasteiger partial charge in [0.25, 0.3) is 0 Å². The molecule has 1 fully saturated rings. The van der Waals surface area contributed by atoms with E-state index in [1.54, 1.807) is 19.2 Å². The number of nitrogens with zero attached hydrogens (tertiary/aromatic N) is 1. The lowest BCUT2D eigenvalue weighted by Crippen LogP contribution is -2.40. The first-order valence-electron chi connectivity index (χ1n) is 6.82. The third kappa shape index (κ3) is 3.64. The maximum absolute atomic E-state index is 12.3.